The molecule has 2 aromatic rings. The van der Waals surface area contributed by atoms with Gasteiger partial charge in [0.05, 0.1) is 17.7 Å². The van der Waals surface area contributed by atoms with E-state index in [4.69, 9.17) is 4.99 Å². The Morgan fingerprint density at radius 1 is 1.03 bits per heavy atom. The molecule has 0 aromatic heterocycles. The van der Waals surface area contributed by atoms with Gasteiger partial charge in [0.15, 0.2) is 0 Å². The lowest BCUT2D eigenvalue weighted by molar-refractivity contribution is 0.184. The lowest BCUT2D eigenvalue weighted by atomic mass is 9.84. The first-order valence-electron chi connectivity index (χ1n) is 12.1. The summed E-state index contributed by atoms with van der Waals surface area (Å²) in [5, 5.41) is 12.6. The Bertz CT molecular complexity index is 1060. The number of rotatable bonds is 4. The monoisotopic (exact) mass is 441 g/mol. The molecule has 1 spiro atoms. The number of carbonyl (C=O) groups excluding carboxylic acids is 1. The van der Waals surface area contributed by atoms with E-state index in [0.717, 1.165) is 56.8 Å². The maximum Gasteiger partial charge on any atom is 0.328 e. The van der Waals surface area contributed by atoms with Gasteiger partial charge in [-0.2, -0.15) is 5.26 Å². The number of amides is 2. The van der Waals surface area contributed by atoms with Gasteiger partial charge < -0.3 is 0 Å². The summed E-state index contributed by atoms with van der Waals surface area (Å²) in [6, 6.07) is 20.3. The molecule has 1 saturated carbocycles. The molecule has 2 heterocycles. The van der Waals surface area contributed by atoms with Crippen LogP contribution in [0.5, 0.6) is 0 Å². The predicted octanol–water partition coefficient (Wildman–Crippen LogP) is 4.85. The van der Waals surface area contributed by atoms with Crippen LogP contribution in [0.25, 0.3) is 0 Å². The van der Waals surface area contributed by atoms with Crippen molar-refractivity contribution < 1.29 is 4.79 Å². The number of aliphatic imine (C=N–C) groups is 1. The molecule has 33 heavy (non-hydrogen) atoms. The Labute approximate surface area is 195 Å². The smallest absolute Gasteiger partial charge is 0.299 e. The Morgan fingerprint density at radius 2 is 1.79 bits per heavy atom. The first-order valence-corrected chi connectivity index (χ1v) is 12.1. The third-order valence-electron chi connectivity index (χ3n) is 7.35. The number of likely N-dealkylation sites (tertiary alicyclic amines) is 1. The van der Waals surface area contributed by atoms with Crippen LogP contribution >= 0.6 is 0 Å². The van der Waals surface area contributed by atoms with Crippen molar-refractivity contribution in [2.75, 3.05) is 18.0 Å². The summed E-state index contributed by atoms with van der Waals surface area (Å²) < 4.78 is 0. The minimum Gasteiger partial charge on any atom is -0.299 e. The molecule has 0 radical (unpaired) electrons. The second-order valence-corrected chi connectivity index (χ2v) is 9.49. The number of nitriles is 1. The second-order valence-electron chi connectivity index (χ2n) is 9.49. The summed E-state index contributed by atoms with van der Waals surface area (Å²) in [7, 11) is 0. The van der Waals surface area contributed by atoms with Gasteiger partial charge in [0, 0.05) is 25.3 Å². The number of benzene rings is 2. The van der Waals surface area contributed by atoms with Crippen molar-refractivity contribution in [3.63, 3.8) is 0 Å². The molecule has 6 heteroatoms. The fourth-order valence-electron chi connectivity index (χ4n) is 5.58. The van der Waals surface area contributed by atoms with Gasteiger partial charge in [0.1, 0.15) is 11.4 Å². The maximum atomic E-state index is 13.3. The Balaban J connectivity index is 1.45. The molecule has 170 valence electrons. The van der Waals surface area contributed by atoms with Crippen LogP contribution < -0.4 is 10.2 Å². The van der Waals surface area contributed by atoms with Crippen molar-refractivity contribution >= 4 is 17.6 Å². The number of nitrogens with zero attached hydrogens (tertiary/aromatic N) is 4. The predicted molar refractivity (Wildman–Crippen MR) is 130 cm³/mol. The van der Waals surface area contributed by atoms with Gasteiger partial charge in [0.2, 0.25) is 0 Å². The molecule has 0 atom stereocenters. The number of hydrogen-bond acceptors (Lipinski definition) is 4. The summed E-state index contributed by atoms with van der Waals surface area (Å²) in [4.78, 5) is 22.8. The molecule has 0 bridgehead atoms. The third kappa shape index (κ3) is 4.38. The van der Waals surface area contributed by atoms with Gasteiger partial charge in [-0.3, -0.25) is 20.1 Å². The summed E-state index contributed by atoms with van der Waals surface area (Å²) in [6.07, 6.45) is 7.53. The number of nitrogens with one attached hydrogen (secondary N) is 1. The fraction of sp³-hybridized carbons (Fsp3) is 0.444. The highest BCUT2D eigenvalue weighted by Gasteiger charge is 2.53. The van der Waals surface area contributed by atoms with Gasteiger partial charge >= 0.3 is 6.03 Å². The quantitative estimate of drug-likeness (QED) is 0.737. The van der Waals surface area contributed by atoms with Crippen LogP contribution in [0.15, 0.2) is 59.6 Å². The van der Waals surface area contributed by atoms with Crippen LogP contribution in [-0.4, -0.2) is 41.4 Å². The number of anilines is 1. The van der Waals surface area contributed by atoms with Gasteiger partial charge in [-0.15, -0.1) is 0 Å². The zero-order valence-electron chi connectivity index (χ0n) is 19.0. The molecule has 3 fully saturated rings. The van der Waals surface area contributed by atoms with Crippen LogP contribution in [0.3, 0.4) is 0 Å². The van der Waals surface area contributed by atoms with Gasteiger partial charge in [-0.05, 0) is 49.4 Å². The zero-order chi connectivity index (χ0) is 22.7. The van der Waals surface area contributed by atoms with Gasteiger partial charge in [-0.25, -0.2) is 4.79 Å². The van der Waals surface area contributed by atoms with E-state index < -0.39 is 5.54 Å². The van der Waals surface area contributed by atoms with E-state index in [-0.39, 0.29) is 6.03 Å². The van der Waals surface area contributed by atoms with E-state index in [1.807, 2.05) is 29.2 Å². The molecule has 5 rings (SSSR count). The third-order valence-corrected chi connectivity index (χ3v) is 7.35. The summed E-state index contributed by atoms with van der Waals surface area (Å²) in [5.74, 6) is 0.834. The second kappa shape index (κ2) is 9.36. The molecule has 2 saturated heterocycles. The van der Waals surface area contributed by atoms with E-state index in [2.05, 4.69) is 40.6 Å². The van der Waals surface area contributed by atoms with E-state index in [1.165, 1.54) is 24.8 Å². The van der Waals surface area contributed by atoms with Gasteiger partial charge in [-0.1, -0.05) is 55.7 Å². The Hall–Kier alpha value is -3.17. The number of carbonyl (C=O) groups is 1. The molecule has 6 nitrogen and oxygen atoms in total. The molecular weight excluding hydrogens is 410 g/mol. The molecule has 1 N–H and O–H groups in total. The normalized spacial score (nSPS) is 22.5. The average molecular weight is 442 g/mol. The van der Waals surface area contributed by atoms with Crippen molar-refractivity contribution in [2.24, 2.45) is 4.99 Å². The SMILES string of the molecule is N#Cc1cccc(N2C(=O)NC(=NC3CCCCC3)C23CCN(Cc2ccccc2)CC3)c1. The van der Waals surface area contributed by atoms with Crippen molar-refractivity contribution in [1.82, 2.24) is 10.2 Å². The van der Waals surface area contributed by atoms with Gasteiger partial charge in [0.25, 0.3) is 0 Å². The van der Waals surface area contributed by atoms with Crippen molar-refractivity contribution in [3.05, 3.63) is 65.7 Å². The van der Waals surface area contributed by atoms with E-state index >= 15 is 0 Å². The summed E-state index contributed by atoms with van der Waals surface area (Å²) in [5.41, 5.74) is 2.17. The van der Waals surface area contributed by atoms with Crippen LogP contribution in [0.4, 0.5) is 10.5 Å². The maximum absolute atomic E-state index is 13.3. The van der Waals surface area contributed by atoms with Crippen molar-refractivity contribution in [2.45, 2.75) is 63.1 Å². The molecule has 2 aromatic carbocycles. The molecular formula is C27H31N5O. The van der Waals surface area contributed by atoms with Crippen LogP contribution in [0, 0.1) is 11.3 Å². The van der Waals surface area contributed by atoms with Crippen molar-refractivity contribution in [1.29, 1.82) is 5.26 Å². The van der Waals surface area contributed by atoms with E-state index in [9.17, 15) is 10.1 Å². The Kier molecular flexibility index (Phi) is 6.15. The first-order chi connectivity index (χ1) is 16.2. The molecule has 1 aliphatic carbocycles. The number of hydrogen-bond donors (Lipinski definition) is 1. The zero-order valence-corrected chi connectivity index (χ0v) is 19.0. The molecule has 2 aliphatic heterocycles. The summed E-state index contributed by atoms with van der Waals surface area (Å²) >= 11 is 0. The lowest BCUT2D eigenvalue weighted by Crippen LogP contribution is -2.57. The van der Waals surface area contributed by atoms with E-state index in [1.54, 1.807) is 6.07 Å². The van der Waals surface area contributed by atoms with Crippen molar-refractivity contribution in [3.8, 4) is 6.07 Å². The molecule has 0 unspecified atom stereocenters. The molecule has 3 aliphatic rings. The highest BCUT2D eigenvalue weighted by atomic mass is 16.2. The van der Waals surface area contributed by atoms with E-state index in [0.29, 0.717) is 11.6 Å². The number of piperidine rings is 1. The first kappa shape index (κ1) is 21.7. The number of amidine groups is 1. The molecule has 2 amide bonds. The minimum atomic E-state index is -0.476. The topological polar surface area (TPSA) is 71.7 Å². The lowest BCUT2D eigenvalue weighted by Gasteiger charge is -2.44. The van der Waals surface area contributed by atoms with Crippen LogP contribution in [0.2, 0.25) is 0 Å². The largest absolute Gasteiger partial charge is 0.328 e. The van der Waals surface area contributed by atoms with Crippen LogP contribution in [-0.2, 0) is 6.54 Å². The standard InChI is InChI=1S/C27H31N5O/c28-19-22-10-7-13-24(18-22)32-26(33)30-25(29-23-11-5-2-6-12-23)27(32)14-16-31(17-15-27)20-21-8-3-1-4-9-21/h1,3-4,7-10,13,18,23H,2,5-6,11-12,14-17,20H2,(H,29,30,33). The highest BCUT2D eigenvalue weighted by Crippen LogP contribution is 2.39. The Morgan fingerprint density at radius 3 is 2.52 bits per heavy atom. The fourth-order valence-corrected chi connectivity index (χ4v) is 5.58. The summed E-state index contributed by atoms with van der Waals surface area (Å²) in [6.45, 7) is 2.70. The number of urea groups is 1. The average Bonchev–Trinajstić information content (AvgIpc) is 3.12. The highest BCUT2D eigenvalue weighted by molar-refractivity contribution is 6.19. The minimum absolute atomic E-state index is 0.129. The van der Waals surface area contributed by atoms with Crippen LogP contribution in [0.1, 0.15) is 56.1 Å².